The minimum absolute atomic E-state index is 0.0495. The van der Waals surface area contributed by atoms with Crippen LogP contribution in [-0.2, 0) is 4.79 Å². The predicted octanol–water partition coefficient (Wildman–Crippen LogP) is 4.25. The molecule has 4 nitrogen and oxygen atoms in total. The van der Waals surface area contributed by atoms with Crippen molar-refractivity contribution in [3.63, 3.8) is 0 Å². The smallest absolute Gasteiger partial charge is 0.227 e. The van der Waals surface area contributed by atoms with Crippen LogP contribution in [0.25, 0.3) is 0 Å². The average Bonchev–Trinajstić information content (AvgIpc) is 2.74. The Kier molecular flexibility index (Phi) is 6.74. The van der Waals surface area contributed by atoms with Gasteiger partial charge in [-0.3, -0.25) is 4.79 Å². The number of hydrogen-bond acceptors (Lipinski definition) is 3. The van der Waals surface area contributed by atoms with E-state index in [2.05, 4.69) is 58.9 Å². The van der Waals surface area contributed by atoms with Gasteiger partial charge in [0.1, 0.15) is 0 Å². The third-order valence-electron chi connectivity index (χ3n) is 5.52. The van der Waals surface area contributed by atoms with E-state index in [4.69, 9.17) is 0 Å². The molecule has 1 unspecified atom stereocenters. The number of piperidine rings is 1. The van der Waals surface area contributed by atoms with E-state index < -0.39 is 0 Å². The second kappa shape index (κ2) is 9.45. The first kappa shape index (κ1) is 19.3. The second-order valence-electron chi connectivity index (χ2n) is 7.30. The van der Waals surface area contributed by atoms with E-state index in [1.54, 1.807) is 0 Å². The first-order valence-corrected chi connectivity index (χ1v) is 10.1. The number of nitrogens with one attached hydrogen (secondary N) is 2. The van der Waals surface area contributed by atoms with E-state index in [1.807, 2.05) is 25.2 Å². The molecule has 27 heavy (non-hydrogen) atoms. The van der Waals surface area contributed by atoms with E-state index in [9.17, 15) is 4.79 Å². The molecule has 0 spiro atoms. The molecule has 1 aliphatic rings. The molecule has 2 aromatic rings. The van der Waals surface area contributed by atoms with Crippen molar-refractivity contribution in [1.29, 1.82) is 0 Å². The van der Waals surface area contributed by atoms with Crippen LogP contribution in [0.5, 0.6) is 0 Å². The summed E-state index contributed by atoms with van der Waals surface area (Å²) >= 11 is 0. The van der Waals surface area contributed by atoms with Crippen LogP contribution in [0.4, 0.5) is 11.4 Å². The van der Waals surface area contributed by atoms with Gasteiger partial charge in [-0.15, -0.1) is 0 Å². The molecule has 2 N–H and O–H groups in total. The van der Waals surface area contributed by atoms with Crippen molar-refractivity contribution < 1.29 is 4.79 Å². The Hall–Kier alpha value is -2.49. The third kappa shape index (κ3) is 4.82. The Morgan fingerprint density at radius 1 is 1.07 bits per heavy atom. The Bertz CT molecular complexity index is 706. The molecule has 1 saturated heterocycles. The van der Waals surface area contributed by atoms with E-state index in [0.717, 1.165) is 50.1 Å². The maximum atomic E-state index is 12.9. The molecule has 2 aromatic carbocycles. The summed E-state index contributed by atoms with van der Waals surface area (Å²) in [6.45, 7) is 4.83. The van der Waals surface area contributed by atoms with E-state index in [0.29, 0.717) is 5.92 Å². The molecule has 144 valence electrons. The molecule has 0 saturated carbocycles. The fraction of sp³-hybridized carbons (Fsp3) is 0.435. The highest BCUT2D eigenvalue weighted by molar-refractivity contribution is 5.84. The lowest BCUT2D eigenvalue weighted by Crippen LogP contribution is -2.40. The van der Waals surface area contributed by atoms with E-state index in [1.165, 1.54) is 5.69 Å². The molecule has 0 radical (unpaired) electrons. The van der Waals surface area contributed by atoms with Gasteiger partial charge in [-0.1, -0.05) is 37.3 Å². The first-order chi connectivity index (χ1) is 13.2. The van der Waals surface area contributed by atoms with Gasteiger partial charge in [0, 0.05) is 38.1 Å². The van der Waals surface area contributed by atoms with Crippen molar-refractivity contribution in [2.75, 3.05) is 36.9 Å². The summed E-state index contributed by atoms with van der Waals surface area (Å²) in [6, 6.07) is 18.9. The summed E-state index contributed by atoms with van der Waals surface area (Å²) in [4.78, 5) is 15.3. The summed E-state index contributed by atoms with van der Waals surface area (Å²) < 4.78 is 0. The lowest BCUT2D eigenvalue weighted by molar-refractivity contribution is -0.124. The van der Waals surface area contributed by atoms with Gasteiger partial charge >= 0.3 is 0 Å². The molecule has 0 aromatic heterocycles. The number of hydrogen-bond donors (Lipinski definition) is 2. The molecule has 4 heteroatoms. The SMILES string of the molecule is CCCNC(=O)C(c1ccccc1)C1CCN(c2ccc(NC)cc2)CC1. The molecular formula is C23H31N3O. The minimum atomic E-state index is -0.0495. The monoisotopic (exact) mass is 365 g/mol. The lowest BCUT2D eigenvalue weighted by Gasteiger charge is -2.37. The van der Waals surface area contributed by atoms with Gasteiger partial charge in [-0.2, -0.15) is 0 Å². The van der Waals surface area contributed by atoms with Crippen molar-refractivity contribution >= 4 is 17.3 Å². The van der Waals surface area contributed by atoms with Crippen molar-refractivity contribution in [3.8, 4) is 0 Å². The largest absolute Gasteiger partial charge is 0.388 e. The topological polar surface area (TPSA) is 44.4 Å². The number of anilines is 2. The maximum absolute atomic E-state index is 12.9. The summed E-state index contributed by atoms with van der Waals surface area (Å²) in [7, 11) is 1.94. The summed E-state index contributed by atoms with van der Waals surface area (Å²) in [6.07, 6.45) is 3.04. The second-order valence-corrected chi connectivity index (χ2v) is 7.30. The number of nitrogens with zero attached hydrogens (tertiary/aromatic N) is 1. The Morgan fingerprint density at radius 2 is 1.74 bits per heavy atom. The normalized spacial score (nSPS) is 16.0. The maximum Gasteiger partial charge on any atom is 0.227 e. The van der Waals surface area contributed by atoms with Crippen molar-refractivity contribution in [3.05, 3.63) is 60.2 Å². The average molecular weight is 366 g/mol. The molecule has 1 atom stereocenters. The summed E-state index contributed by atoms with van der Waals surface area (Å²) in [5.41, 5.74) is 3.53. The van der Waals surface area contributed by atoms with E-state index >= 15 is 0 Å². The van der Waals surface area contributed by atoms with Crippen LogP contribution in [0.2, 0.25) is 0 Å². The molecule has 3 rings (SSSR count). The van der Waals surface area contributed by atoms with Gasteiger partial charge in [0.05, 0.1) is 5.92 Å². The summed E-state index contributed by atoms with van der Waals surface area (Å²) in [5.74, 6) is 0.517. The van der Waals surface area contributed by atoms with Crippen LogP contribution in [0.1, 0.15) is 37.7 Å². The molecular weight excluding hydrogens is 334 g/mol. The Labute approximate surface area is 163 Å². The highest BCUT2D eigenvalue weighted by Crippen LogP contribution is 2.34. The van der Waals surface area contributed by atoms with Gasteiger partial charge in [0.25, 0.3) is 0 Å². The number of carbonyl (C=O) groups excluding carboxylic acids is 1. The molecule has 1 aliphatic heterocycles. The molecule has 0 bridgehead atoms. The third-order valence-corrected chi connectivity index (χ3v) is 5.52. The van der Waals surface area contributed by atoms with Crippen LogP contribution < -0.4 is 15.5 Å². The fourth-order valence-corrected chi connectivity index (χ4v) is 3.99. The Morgan fingerprint density at radius 3 is 2.33 bits per heavy atom. The number of amides is 1. The van der Waals surface area contributed by atoms with Gasteiger partial charge in [0.15, 0.2) is 0 Å². The molecule has 1 heterocycles. The van der Waals surface area contributed by atoms with Crippen LogP contribution in [-0.4, -0.2) is 32.6 Å². The number of rotatable bonds is 7. The highest BCUT2D eigenvalue weighted by Gasteiger charge is 2.32. The van der Waals surface area contributed by atoms with E-state index in [-0.39, 0.29) is 11.8 Å². The molecule has 0 aliphatic carbocycles. The quantitative estimate of drug-likeness (QED) is 0.771. The van der Waals surface area contributed by atoms with Crippen molar-refractivity contribution in [2.45, 2.75) is 32.1 Å². The van der Waals surface area contributed by atoms with Gasteiger partial charge in [-0.25, -0.2) is 0 Å². The number of benzene rings is 2. The van der Waals surface area contributed by atoms with Crippen LogP contribution >= 0.6 is 0 Å². The zero-order valence-electron chi connectivity index (χ0n) is 16.4. The summed E-state index contributed by atoms with van der Waals surface area (Å²) in [5, 5.41) is 6.29. The highest BCUT2D eigenvalue weighted by atomic mass is 16.1. The predicted molar refractivity (Wildman–Crippen MR) is 113 cm³/mol. The van der Waals surface area contributed by atoms with Gasteiger partial charge in [0.2, 0.25) is 5.91 Å². The van der Waals surface area contributed by atoms with Crippen molar-refractivity contribution in [1.82, 2.24) is 5.32 Å². The van der Waals surface area contributed by atoms with Crippen molar-refractivity contribution in [2.24, 2.45) is 5.92 Å². The zero-order valence-corrected chi connectivity index (χ0v) is 16.4. The van der Waals surface area contributed by atoms with Crippen LogP contribution in [0.3, 0.4) is 0 Å². The van der Waals surface area contributed by atoms with Crippen LogP contribution in [0, 0.1) is 5.92 Å². The Balaban J connectivity index is 1.69. The zero-order chi connectivity index (χ0) is 19.1. The first-order valence-electron chi connectivity index (χ1n) is 10.1. The number of carbonyl (C=O) groups is 1. The lowest BCUT2D eigenvalue weighted by atomic mass is 9.79. The van der Waals surface area contributed by atoms with Gasteiger partial charge < -0.3 is 15.5 Å². The minimum Gasteiger partial charge on any atom is -0.388 e. The van der Waals surface area contributed by atoms with Gasteiger partial charge in [-0.05, 0) is 55.0 Å². The van der Waals surface area contributed by atoms with Crippen LogP contribution in [0.15, 0.2) is 54.6 Å². The standard InChI is InChI=1S/C23H31N3O/c1-3-15-25-23(27)22(18-7-5-4-6-8-18)19-13-16-26(17-14-19)21-11-9-20(24-2)10-12-21/h4-12,19,22,24H,3,13-17H2,1-2H3,(H,25,27). The molecule has 1 fully saturated rings. The fourth-order valence-electron chi connectivity index (χ4n) is 3.99. The molecule has 1 amide bonds.